The zero-order valence-corrected chi connectivity index (χ0v) is 5.52. The summed E-state index contributed by atoms with van der Waals surface area (Å²) < 4.78 is 0. The number of aromatic nitrogens is 1. The number of ketones is 1. The van der Waals surface area contributed by atoms with Crippen LogP contribution in [0.1, 0.15) is 9.80 Å². The molecule has 0 spiro atoms. The highest BCUT2D eigenvalue weighted by Crippen LogP contribution is 2.05. The Hall–Kier alpha value is -0.635. The van der Waals surface area contributed by atoms with Crippen LogP contribution in [0, 0.1) is 0 Å². The van der Waals surface area contributed by atoms with Crippen molar-refractivity contribution >= 4 is 25.0 Å². The third-order valence-electron chi connectivity index (χ3n) is 0.856. The minimum atomic E-state index is -0.0926. The molecule has 0 saturated heterocycles. The van der Waals surface area contributed by atoms with Crippen molar-refractivity contribution < 1.29 is 4.79 Å². The van der Waals surface area contributed by atoms with Gasteiger partial charge in [-0.25, -0.2) is 4.98 Å². The summed E-state index contributed by atoms with van der Waals surface area (Å²) in [7, 11) is 5.08. The second-order valence-corrected chi connectivity index (χ2v) is 2.36. The third-order valence-corrected chi connectivity index (χ3v) is 1.67. The van der Waals surface area contributed by atoms with Gasteiger partial charge >= 0.3 is 0 Å². The van der Waals surface area contributed by atoms with E-state index in [9.17, 15) is 4.79 Å². The predicted octanol–water partition coefficient (Wildman–Crippen LogP) is 0.913. The highest BCUT2D eigenvalue weighted by molar-refractivity contribution is 7.11. The summed E-state index contributed by atoms with van der Waals surface area (Å²) in [6.07, 6.45) is 1.64. The Morgan fingerprint density at radius 1 is 1.89 bits per heavy atom. The van der Waals surface area contributed by atoms with Crippen LogP contribution >= 0.6 is 11.3 Å². The van der Waals surface area contributed by atoms with E-state index in [1.54, 1.807) is 11.6 Å². The molecule has 0 aliphatic carbocycles. The predicted molar refractivity (Wildman–Crippen MR) is 37.0 cm³/mol. The molecule has 0 saturated carbocycles. The average Bonchev–Trinajstić information content (AvgIpc) is 2.37. The second kappa shape index (κ2) is 2.78. The maximum Gasteiger partial charge on any atom is 0.182 e. The normalized spacial score (nSPS) is 9.33. The Balaban J connectivity index is 2.77. The summed E-state index contributed by atoms with van der Waals surface area (Å²) in [6, 6.07) is 0. The van der Waals surface area contributed by atoms with Gasteiger partial charge in [0.05, 0.1) is 7.85 Å². The van der Waals surface area contributed by atoms with Gasteiger partial charge in [0.25, 0.3) is 0 Å². The van der Waals surface area contributed by atoms with E-state index in [4.69, 9.17) is 7.85 Å². The van der Waals surface area contributed by atoms with E-state index in [1.165, 1.54) is 11.3 Å². The van der Waals surface area contributed by atoms with E-state index in [1.807, 2.05) is 0 Å². The van der Waals surface area contributed by atoms with Crippen molar-refractivity contribution in [3.63, 3.8) is 0 Å². The molecule has 0 aliphatic heterocycles. The summed E-state index contributed by atoms with van der Waals surface area (Å²) >= 11 is 1.31. The highest BCUT2D eigenvalue weighted by atomic mass is 32.1. The molecule has 4 heteroatoms. The summed E-state index contributed by atoms with van der Waals surface area (Å²) in [5, 5.41) is 2.25. The van der Waals surface area contributed by atoms with Crippen LogP contribution in [-0.4, -0.2) is 18.6 Å². The van der Waals surface area contributed by atoms with Gasteiger partial charge in [-0.1, -0.05) is 0 Å². The number of rotatable bonds is 2. The lowest BCUT2D eigenvalue weighted by atomic mass is 10.0. The number of carbonyl (C=O) groups is 1. The van der Waals surface area contributed by atoms with E-state index < -0.39 is 0 Å². The molecule has 0 unspecified atom stereocenters. The molecule has 1 rings (SSSR count). The fourth-order valence-electron chi connectivity index (χ4n) is 0.448. The van der Waals surface area contributed by atoms with E-state index in [2.05, 4.69) is 4.98 Å². The number of hydrogen-bond acceptors (Lipinski definition) is 3. The van der Waals surface area contributed by atoms with Crippen molar-refractivity contribution in [2.75, 3.05) is 0 Å². The van der Waals surface area contributed by atoms with E-state index in [0.29, 0.717) is 5.01 Å². The van der Waals surface area contributed by atoms with Crippen LogP contribution in [0.15, 0.2) is 11.6 Å². The molecule has 9 heavy (non-hydrogen) atoms. The molecule has 1 heterocycles. The van der Waals surface area contributed by atoms with Gasteiger partial charge in [-0.15, -0.1) is 11.3 Å². The lowest BCUT2D eigenvalue weighted by Gasteiger charge is -1.85. The summed E-state index contributed by atoms with van der Waals surface area (Å²) in [6.45, 7) is 0. The van der Waals surface area contributed by atoms with E-state index in [-0.39, 0.29) is 12.1 Å². The molecule has 1 aromatic heterocycles. The second-order valence-electron chi connectivity index (χ2n) is 1.46. The van der Waals surface area contributed by atoms with Gasteiger partial charge in [0, 0.05) is 11.6 Å². The number of Topliss-reactive ketones (excluding diaryl/α,β-unsaturated/α-hetero) is 1. The van der Waals surface area contributed by atoms with Crippen LogP contribution in [0.5, 0.6) is 0 Å². The smallest absolute Gasteiger partial charge is 0.182 e. The van der Waals surface area contributed by atoms with Crippen molar-refractivity contribution in [1.82, 2.24) is 4.98 Å². The third kappa shape index (κ3) is 1.39. The van der Waals surface area contributed by atoms with E-state index in [0.717, 1.165) is 0 Å². The number of nitrogens with zero attached hydrogens (tertiary/aromatic N) is 1. The Morgan fingerprint density at radius 2 is 2.67 bits per heavy atom. The lowest BCUT2D eigenvalue weighted by Crippen LogP contribution is -1.94. The summed E-state index contributed by atoms with van der Waals surface area (Å²) in [5.41, 5.74) is 0. The summed E-state index contributed by atoms with van der Waals surface area (Å²) in [5.74, 6) is -0.0926. The number of hydrogen-bond donors (Lipinski definition) is 0. The van der Waals surface area contributed by atoms with Crippen LogP contribution in [0.25, 0.3) is 0 Å². The SMILES string of the molecule is [B]CC(=O)c1nccs1. The fraction of sp³-hybridized carbons (Fsp3) is 0.200. The zero-order chi connectivity index (χ0) is 6.69. The van der Waals surface area contributed by atoms with Gasteiger partial charge in [0.2, 0.25) is 0 Å². The van der Waals surface area contributed by atoms with Crippen LogP contribution in [0.2, 0.25) is 6.32 Å². The fourth-order valence-corrected chi connectivity index (χ4v) is 1.04. The maximum absolute atomic E-state index is 10.7. The lowest BCUT2D eigenvalue weighted by molar-refractivity contribution is 0.101. The van der Waals surface area contributed by atoms with Crippen LogP contribution < -0.4 is 0 Å². The zero-order valence-electron chi connectivity index (χ0n) is 4.70. The van der Waals surface area contributed by atoms with E-state index >= 15 is 0 Å². The van der Waals surface area contributed by atoms with Gasteiger partial charge in [-0.2, -0.15) is 0 Å². The minimum Gasteiger partial charge on any atom is -0.292 e. The Labute approximate surface area is 58.3 Å². The summed E-state index contributed by atoms with van der Waals surface area (Å²) in [4.78, 5) is 14.5. The molecule has 0 bridgehead atoms. The molecule has 0 fully saturated rings. The Morgan fingerprint density at radius 3 is 3.11 bits per heavy atom. The highest BCUT2D eigenvalue weighted by Gasteiger charge is 2.02. The maximum atomic E-state index is 10.7. The van der Waals surface area contributed by atoms with Gasteiger partial charge in [-0.3, -0.25) is 4.79 Å². The first-order chi connectivity index (χ1) is 4.34. The topological polar surface area (TPSA) is 30.0 Å². The molecule has 2 radical (unpaired) electrons. The van der Waals surface area contributed by atoms with Crippen LogP contribution in [0.4, 0.5) is 0 Å². The van der Waals surface area contributed by atoms with Gasteiger partial charge in [-0.05, 0) is 6.32 Å². The average molecular weight is 137 g/mol. The van der Waals surface area contributed by atoms with Crippen molar-refractivity contribution in [2.45, 2.75) is 6.32 Å². The van der Waals surface area contributed by atoms with Crippen LogP contribution in [-0.2, 0) is 0 Å². The molecule has 0 N–H and O–H groups in total. The van der Waals surface area contributed by atoms with Crippen LogP contribution in [0.3, 0.4) is 0 Å². The van der Waals surface area contributed by atoms with Gasteiger partial charge in [0.1, 0.15) is 0 Å². The first kappa shape index (κ1) is 6.48. The molecular weight excluding hydrogens is 133 g/mol. The van der Waals surface area contributed by atoms with Gasteiger partial charge in [0.15, 0.2) is 10.8 Å². The first-order valence-corrected chi connectivity index (χ1v) is 3.35. The Bertz CT molecular complexity index is 197. The Kier molecular flexibility index (Phi) is 2.00. The number of thiazole rings is 1. The molecule has 0 atom stereocenters. The number of carbonyl (C=O) groups excluding carboxylic acids is 1. The largest absolute Gasteiger partial charge is 0.292 e. The minimum absolute atomic E-state index is 0.0491. The quantitative estimate of drug-likeness (QED) is 0.447. The van der Waals surface area contributed by atoms with Crippen molar-refractivity contribution in [3.05, 3.63) is 16.6 Å². The van der Waals surface area contributed by atoms with Gasteiger partial charge < -0.3 is 0 Å². The monoisotopic (exact) mass is 137 g/mol. The molecule has 2 nitrogen and oxygen atoms in total. The standard InChI is InChI=1S/C5H4BNOS/c6-3-4(8)5-7-1-2-9-5/h1-2H,3H2. The van der Waals surface area contributed by atoms with Crippen molar-refractivity contribution in [2.24, 2.45) is 0 Å². The molecular formula is C5H4BNOS. The van der Waals surface area contributed by atoms with Crippen molar-refractivity contribution in [3.8, 4) is 0 Å². The molecule has 0 aromatic carbocycles. The first-order valence-electron chi connectivity index (χ1n) is 2.47. The molecule has 0 aliphatic rings. The van der Waals surface area contributed by atoms with Crippen molar-refractivity contribution in [1.29, 1.82) is 0 Å². The molecule has 44 valence electrons. The molecule has 0 amide bonds. The molecule has 1 aromatic rings.